The summed E-state index contributed by atoms with van der Waals surface area (Å²) in [6, 6.07) is -1.32. The molecule has 0 aromatic rings. The zero-order chi connectivity index (χ0) is 24.7. The molecule has 184 valence electrons. The highest BCUT2D eigenvalue weighted by Crippen LogP contribution is 2.41. The van der Waals surface area contributed by atoms with Gasteiger partial charge in [0.05, 0.1) is 6.61 Å². The van der Waals surface area contributed by atoms with E-state index in [1.54, 1.807) is 0 Å². The Balaban J connectivity index is 0.000000582. The first kappa shape index (κ1) is 29.9. The van der Waals surface area contributed by atoms with Crippen LogP contribution in [0.25, 0.3) is 0 Å². The van der Waals surface area contributed by atoms with E-state index in [2.05, 4.69) is 9.84 Å². The van der Waals surface area contributed by atoms with Gasteiger partial charge in [0, 0.05) is 6.92 Å². The van der Waals surface area contributed by atoms with Crippen LogP contribution in [0.15, 0.2) is 0 Å². The topological polar surface area (TPSA) is 295 Å². The van der Waals surface area contributed by atoms with Crippen molar-refractivity contribution in [3.8, 4) is 0 Å². The highest BCUT2D eigenvalue weighted by atomic mass is 31.2. The van der Waals surface area contributed by atoms with Crippen LogP contribution in [0.1, 0.15) is 6.92 Å². The lowest BCUT2D eigenvalue weighted by molar-refractivity contribution is -0.219. The molecular formula is C14H28NO15P. The van der Waals surface area contributed by atoms with Crippen molar-refractivity contribution in [3.05, 3.63) is 0 Å². The van der Waals surface area contributed by atoms with Crippen molar-refractivity contribution < 1.29 is 74.4 Å². The van der Waals surface area contributed by atoms with Gasteiger partial charge in [-0.25, -0.2) is 4.57 Å². The lowest BCUT2D eigenvalue weighted by Crippen LogP contribution is -2.64. The number of nitrogens with one attached hydrogen (secondary N) is 1. The zero-order valence-electron chi connectivity index (χ0n) is 16.1. The average molecular weight is 481 g/mol. The zero-order valence-corrected chi connectivity index (χ0v) is 17.0. The van der Waals surface area contributed by atoms with Gasteiger partial charge in [0.15, 0.2) is 0 Å². The van der Waals surface area contributed by atoms with Gasteiger partial charge in [-0.15, -0.1) is 0 Å². The number of hydrogen-bond acceptors (Lipinski definition) is 13. The summed E-state index contributed by atoms with van der Waals surface area (Å²) in [7, 11) is -5.01. The molecule has 1 aliphatic rings. The molecule has 0 aromatic carbocycles. The van der Waals surface area contributed by atoms with Crippen LogP contribution in [-0.2, 0) is 18.7 Å². The van der Waals surface area contributed by atoms with Crippen molar-refractivity contribution in [3.63, 3.8) is 0 Å². The van der Waals surface area contributed by atoms with E-state index >= 15 is 0 Å². The van der Waals surface area contributed by atoms with Crippen LogP contribution in [0.2, 0.25) is 0 Å². The van der Waals surface area contributed by atoms with Crippen LogP contribution in [0.4, 0.5) is 0 Å². The van der Waals surface area contributed by atoms with Crippen molar-refractivity contribution in [1.29, 1.82) is 0 Å². The predicted octanol–water partition coefficient (Wildman–Crippen LogP) is -6.95. The number of hydrogen-bond donors (Lipinski definition) is 12. The number of phosphoric acid groups is 1. The van der Waals surface area contributed by atoms with Gasteiger partial charge in [0.25, 0.3) is 0 Å². The maximum absolute atomic E-state index is 10.6. The minimum atomic E-state index is -5.01. The fourth-order valence-corrected chi connectivity index (χ4v) is 3.03. The number of aldehydes is 1. The summed E-state index contributed by atoms with van der Waals surface area (Å²) in [6.07, 6.45) is -16.1. The molecule has 1 fully saturated rings. The lowest BCUT2D eigenvalue weighted by Gasteiger charge is -2.41. The summed E-state index contributed by atoms with van der Waals surface area (Å²) in [4.78, 5) is 38.0. The van der Waals surface area contributed by atoms with E-state index in [4.69, 9.17) is 25.1 Å². The summed E-state index contributed by atoms with van der Waals surface area (Å²) in [5, 5.41) is 84.3. The number of aliphatic hydroxyl groups excluding tert-OH is 9. The summed E-state index contributed by atoms with van der Waals surface area (Å²) in [5.41, 5.74) is 0. The Labute approximate surface area is 175 Å². The van der Waals surface area contributed by atoms with E-state index in [0.29, 0.717) is 0 Å². The first-order valence-corrected chi connectivity index (χ1v) is 10.1. The molecule has 0 saturated heterocycles. The fraction of sp³-hybridized carbons (Fsp3) is 0.857. The first-order chi connectivity index (χ1) is 14.1. The van der Waals surface area contributed by atoms with Gasteiger partial charge in [-0.05, 0) is 0 Å². The Bertz CT molecular complexity index is 601. The average Bonchev–Trinajstić information content (AvgIpc) is 2.70. The minimum Gasteiger partial charge on any atom is -0.394 e. The smallest absolute Gasteiger partial charge is 0.394 e. The number of amides is 1. The van der Waals surface area contributed by atoms with Gasteiger partial charge in [-0.1, -0.05) is 0 Å². The van der Waals surface area contributed by atoms with E-state index in [1.807, 2.05) is 0 Å². The predicted molar refractivity (Wildman–Crippen MR) is 95.7 cm³/mol. The molecule has 31 heavy (non-hydrogen) atoms. The molecule has 10 atom stereocenters. The molecule has 0 spiro atoms. The van der Waals surface area contributed by atoms with E-state index in [-0.39, 0.29) is 6.29 Å². The highest BCUT2D eigenvalue weighted by molar-refractivity contribution is 7.46. The Morgan fingerprint density at radius 1 is 0.968 bits per heavy atom. The molecule has 16 nitrogen and oxygen atoms in total. The molecular weight excluding hydrogens is 453 g/mol. The molecule has 2 unspecified atom stereocenters. The number of rotatable bonds is 8. The SMILES string of the molecule is CC(=O)N[C@@H](C=O)[C@@H](O)[C@H](O)[C@H](O)CO.O=P(O)(O)OC1[C@@H](O)[C@H](O)C(O)[C@@H](O)[C@H]1O. The molecule has 1 rings (SSSR count). The lowest BCUT2D eigenvalue weighted by atomic mass is 9.85. The summed E-state index contributed by atoms with van der Waals surface area (Å²) < 4.78 is 14.5. The normalized spacial score (nSPS) is 32.6. The Morgan fingerprint density at radius 3 is 1.71 bits per heavy atom. The summed E-state index contributed by atoms with van der Waals surface area (Å²) in [5.74, 6) is -0.558. The number of carbonyl (C=O) groups excluding carboxylic acids is 2. The van der Waals surface area contributed by atoms with E-state index in [0.717, 1.165) is 6.92 Å². The van der Waals surface area contributed by atoms with Crippen LogP contribution in [-0.4, -0.2) is 136 Å². The monoisotopic (exact) mass is 481 g/mol. The molecule has 12 N–H and O–H groups in total. The van der Waals surface area contributed by atoms with Gasteiger partial charge in [-0.2, -0.15) is 0 Å². The second kappa shape index (κ2) is 12.8. The Morgan fingerprint density at radius 2 is 1.39 bits per heavy atom. The van der Waals surface area contributed by atoms with Gasteiger partial charge in [-0.3, -0.25) is 9.32 Å². The standard InChI is InChI=1S/C8H15NO6.C6H13O9P/c1-4(12)9-5(2-10)7(14)8(15)6(13)3-11;7-1-2(8)4(10)6(5(11)3(1)9)15-16(12,13)14/h2,5-8,11,13-15H,3H2,1H3,(H,9,12);1-11H,(H2,12,13,14)/t5-,6+,7+,8+;1?,2-,3-,4-,5+,6?/m01/s1. The number of carbonyl (C=O) groups is 2. The third-order valence-electron chi connectivity index (χ3n) is 4.15. The molecule has 0 aromatic heterocycles. The van der Waals surface area contributed by atoms with Crippen molar-refractivity contribution in [2.45, 2.75) is 67.9 Å². The van der Waals surface area contributed by atoms with Crippen LogP contribution in [0.3, 0.4) is 0 Å². The number of phosphoric ester groups is 1. The molecule has 0 heterocycles. The first-order valence-electron chi connectivity index (χ1n) is 8.60. The van der Waals surface area contributed by atoms with Crippen LogP contribution >= 0.6 is 7.82 Å². The maximum Gasteiger partial charge on any atom is 0.470 e. The Hall–Kier alpha value is -1.11. The number of aliphatic hydroxyl groups is 9. The summed E-state index contributed by atoms with van der Waals surface area (Å²) >= 11 is 0. The third-order valence-corrected chi connectivity index (χ3v) is 4.67. The molecule has 0 bridgehead atoms. The van der Waals surface area contributed by atoms with E-state index in [1.165, 1.54) is 0 Å². The van der Waals surface area contributed by atoms with E-state index in [9.17, 15) is 44.8 Å². The maximum atomic E-state index is 10.6. The molecule has 1 saturated carbocycles. The van der Waals surface area contributed by atoms with Gasteiger partial charge < -0.3 is 65.9 Å². The van der Waals surface area contributed by atoms with Crippen molar-refractivity contribution >= 4 is 20.0 Å². The second-order valence-electron chi connectivity index (χ2n) is 6.61. The van der Waals surface area contributed by atoms with Crippen molar-refractivity contribution in [2.24, 2.45) is 0 Å². The molecule has 0 aliphatic heterocycles. The minimum absolute atomic E-state index is 0.235. The van der Waals surface area contributed by atoms with Crippen LogP contribution < -0.4 is 5.32 Å². The van der Waals surface area contributed by atoms with E-state index < -0.39 is 81.3 Å². The van der Waals surface area contributed by atoms with Crippen molar-refractivity contribution in [2.75, 3.05) is 6.61 Å². The molecule has 0 radical (unpaired) electrons. The molecule has 1 aliphatic carbocycles. The molecule has 1 amide bonds. The van der Waals surface area contributed by atoms with Crippen molar-refractivity contribution in [1.82, 2.24) is 5.32 Å². The van der Waals surface area contributed by atoms with Crippen LogP contribution in [0, 0.1) is 0 Å². The van der Waals surface area contributed by atoms with Crippen LogP contribution in [0.5, 0.6) is 0 Å². The fourth-order valence-electron chi connectivity index (χ4n) is 2.46. The quantitative estimate of drug-likeness (QED) is 0.113. The third kappa shape index (κ3) is 9.11. The molecule has 17 heteroatoms. The van der Waals surface area contributed by atoms with Gasteiger partial charge in [0.1, 0.15) is 67.3 Å². The highest BCUT2D eigenvalue weighted by Gasteiger charge is 2.50. The summed E-state index contributed by atoms with van der Waals surface area (Å²) in [6.45, 7) is 0.377. The second-order valence-corrected chi connectivity index (χ2v) is 7.80. The largest absolute Gasteiger partial charge is 0.470 e. The Kier molecular flexibility index (Phi) is 12.3. The van der Waals surface area contributed by atoms with Gasteiger partial charge in [0.2, 0.25) is 5.91 Å². The van der Waals surface area contributed by atoms with Gasteiger partial charge >= 0.3 is 7.82 Å².